The Hall–Kier alpha value is -1.91. The minimum absolute atomic E-state index is 0.610. The van der Waals surface area contributed by atoms with Gasteiger partial charge in [-0.25, -0.2) is 4.68 Å². The molecule has 110 valence electrons. The number of benzene rings is 1. The van der Waals surface area contributed by atoms with Gasteiger partial charge in [0.1, 0.15) is 6.07 Å². The number of aromatic nitrogens is 4. The summed E-state index contributed by atoms with van der Waals surface area (Å²) in [4.78, 5) is 0.864. The summed E-state index contributed by atoms with van der Waals surface area (Å²) in [6.07, 6.45) is 0. The number of hydrogen-bond donors (Lipinski definition) is 1. The second-order valence-electron chi connectivity index (χ2n) is 5.15. The van der Waals surface area contributed by atoms with Crippen molar-refractivity contribution in [2.24, 2.45) is 13.0 Å². The van der Waals surface area contributed by atoms with E-state index in [1.54, 1.807) is 11.7 Å². The number of tetrazole rings is 1. The molecule has 2 aromatic rings. The van der Waals surface area contributed by atoms with Crippen LogP contribution in [0.3, 0.4) is 0 Å². The molecule has 1 heterocycles. The maximum absolute atomic E-state index is 9.31. The molecule has 0 aliphatic rings. The second-order valence-corrected chi connectivity index (χ2v) is 6.16. The van der Waals surface area contributed by atoms with Crippen LogP contribution >= 0.6 is 11.8 Å². The van der Waals surface area contributed by atoms with Gasteiger partial charge in [0.15, 0.2) is 0 Å². The summed E-state index contributed by atoms with van der Waals surface area (Å²) in [6, 6.07) is 8.13. The molecule has 2 rings (SSSR count). The van der Waals surface area contributed by atoms with Crippen LogP contribution in [0.5, 0.6) is 0 Å². The number of nitrogens with one attached hydrogen (secondary N) is 1. The van der Waals surface area contributed by atoms with Crippen molar-refractivity contribution in [3.8, 4) is 6.07 Å². The molecule has 0 saturated heterocycles. The first-order valence-electron chi connectivity index (χ1n) is 6.74. The van der Waals surface area contributed by atoms with Gasteiger partial charge in [0.2, 0.25) is 5.16 Å². The van der Waals surface area contributed by atoms with Crippen LogP contribution in [-0.4, -0.2) is 26.8 Å². The molecule has 0 amide bonds. The summed E-state index contributed by atoms with van der Waals surface area (Å²) in [5.41, 5.74) is 1.75. The van der Waals surface area contributed by atoms with Crippen molar-refractivity contribution < 1.29 is 0 Å². The number of hydrogen-bond acceptors (Lipinski definition) is 6. The molecule has 0 aliphatic heterocycles. The average molecular weight is 302 g/mol. The molecule has 6 nitrogen and oxygen atoms in total. The number of rotatable bonds is 6. The van der Waals surface area contributed by atoms with Gasteiger partial charge in [-0.3, -0.25) is 0 Å². The predicted molar refractivity (Wildman–Crippen MR) is 80.6 cm³/mol. The summed E-state index contributed by atoms with van der Waals surface area (Å²) in [7, 11) is 1.78. The molecule has 7 heteroatoms. The van der Waals surface area contributed by atoms with E-state index in [9.17, 15) is 5.26 Å². The summed E-state index contributed by atoms with van der Waals surface area (Å²) in [6.45, 7) is 6.07. The molecular formula is C14H18N6S. The van der Waals surface area contributed by atoms with Crippen molar-refractivity contribution in [1.29, 1.82) is 5.26 Å². The van der Waals surface area contributed by atoms with Gasteiger partial charge in [-0.1, -0.05) is 19.9 Å². The molecule has 1 aromatic heterocycles. The van der Waals surface area contributed by atoms with Crippen LogP contribution in [0.4, 0.5) is 0 Å². The van der Waals surface area contributed by atoms with Crippen molar-refractivity contribution in [1.82, 2.24) is 25.5 Å². The van der Waals surface area contributed by atoms with Crippen molar-refractivity contribution >= 4 is 11.8 Å². The zero-order valence-corrected chi connectivity index (χ0v) is 13.2. The Morgan fingerprint density at radius 1 is 1.43 bits per heavy atom. The topological polar surface area (TPSA) is 79.4 Å². The molecule has 0 atom stereocenters. The fourth-order valence-electron chi connectivity index (χ4n) is 1.77. The molecule has 1 N–H and O–H groups in total. The minimum Gasteiger partial charge on any atom is -0.312 e. The molecule has 0 spiro atoms. The zero-order valence-electron chi connectivity index (χ0n) is 12.4. The van der Waals surface area contributed by atoms with E-state index in [4.69, 9.17) is 0 Å². The molecule has 0 unspecified atom stereocenters. The summed E-state index contributed by atoms with van der Waals surface area (Å²) in [5.74, 6) is 0.610. The molecule has 0 radical (unpaired) electrons. The van der Waals surface area contributed by atoms with Crippen LogP contribution in [0, 0.1) is 17.2 Å². The normalized spacial score (nSPS) is 10.8. The Morgan fingerprint density at radius 3 is 2.86 bits per heavy atom. The van der Waals surface area contributed by atoms with Gasteiger partial charge < -0.3 is 5.32 Å². The van der Waals surface area contributed by atoms with E-state index in [0.29, 0.717) is 16.6 Å². The van der Waals surface area contributed by atoms with Gasteiger partial charge in [-0.2, -0.15) is 5.26 Å². The number of nitrogens with zero attached hydrogens (tertiary/aromatic N) is 5. The van der Waals surface area contributed by atoms with Crippen molar-refractivity contribution in [2.45, 2.75) is 30.4 Å². The minimum atomic E-state index is 0.610. The van der Waals surface area contributed by atoms with Crippen LogP contribution in [-0.2, 0) is 13.6 Å². The van der Waals surface area contributed by atoms with Gasteiger partial charge in [0.25, 0.3) is 0 Å². The number of aryl methyl sites for hydroxylation is 1. The lowest BCUT2D eigenvalue weighted by Gasteiger charge is -2.09. The smallest absolute Gasteiger partial charge is 0.213 e. The Kier molecular flexibility index (Phi) is 5.31. The van der Waals surface area contributed by atoms with E-state index in [2.05, 4.69) is 40.8 Å². The van der Waals surface area contributed by atoms with Gasteiger partial charge in [-0.15, -0.1) is 5.10 Å². The molecule has 21 heavy (non-hydrogen) atoms. The summed E-state index contributed by atoms with van der Waals surface area (Å²) >= 11 is 1.39. The third-order valence-corrected chi connectivity index (χ3v) is 3.93. The molecule has 0 bridgehead atoms. The lowest BCUT2D eigenvalue weighted by Crippen LogP contribution is -2.18. The van der Waals surface area contributed by atoms with Crippen molar-refractivity contribution in [3.63, 3.8) is 0 Å². The third kappa shape index (κ3) is 4.28. The second kappa shape index (κ2) is 7.20. The SMILES string of the molecule is CC(C)CNCc1ccc(Sc2nnnn2C)c(C#N)c1. The Balaban J connectivity index is 2.10. The first-order valence-corrected chi connectivity index (χ1v) is 7.55. The van der Waals surface area contributed by atoms with Crippen LogP contribution in [0.15, 0.2) is 28.3 Å². The van der Waals surface area contributed by atoms with E-state index in [-0.39, 0.29) is 0 Å². The average Bonchev–Trinajstić information content (AvgIpc) is 2.85. The maximum Gasteiger partial charge on any atom is 0.213 e. The fourth-order valence-corrected chi connectivity index (χ4v) is 2.57. The van der Waals surface area contributed by atoms with Crippen molar-refractivity contribution in [2.75, 3.05) is 6.54 Å². The Labute approximate surface area is 128 Å². The summed E-state index contributed by atoms with van der Waals surface area (Å²) in [5, 5.41) is 24.7. The standard InChI is InChI=1S/C14H18N6S/c1-10(2)8-16-9-11-4-5-13(12(6-11)7-15)21-14-17-18-19-20(14)3/h4-6,10,16H,8-9H2,1-3H3. The molecule has 0 fully saturated rings. The van der Waals surface area contributed by atoms with Gasteiger partial charge in [-0.05, 0) is 52.3 Å². The van der Waals surface area contributed by atoms with Crippen LogP contribution in [0.25, 0.3) is 0 Å². The van der Waals surface area contributed by atoms with E-state index < -0.39 is 0 Å². The highest BCUT2D eigenvalue weighted by atomic mass is 32.2. The predicted octanol–water partition coefficient (Wildman–Crippen LogP) is 1.98. The van der Waals surface area contributed by atoms with E-state index >= 15 is 0 Å². The number of nitriles is 1. The Bertz CT molecular complexity index is 643. The van der Waals surface area contributed by atoms with Crippen LogP contribution in [0.1, 0.15) is 25.0 Å². The van der Waals surface area contributed by atoms with E-state index in [0.717, 1.165) is 23.5 Å². The zero-order chi connectivity index (χ0) is 15.2. The van der Waals surface area contributed by atoms with Gasteiger partial charge in [0.05, 0.1) is 5.56 Å². The molecule has 0 saturated carbocycles. The first kappa shape index (κ1) is 15.5. The molecular weight excluding hydrogens is 284 g/mol. The highest BCUT2D eigenvalue weighted by Gasteiger charge is 2.10. The van der Waals surface area contributed by atoms with Crippen LogP contribution < -0.4 is 5.32 Å². The first-order chi connectivity index (χ1) is 10.1. The van der Waals surface area contributed by atoms with Gasteiger partial charge in [0, 0.05) is 18.5 Å². The lowest BCUT2D eigenvalue weighted by atomic mass is 10.1. The van der Waals surface area contributed by atoms with Crippen molar-refractivity contribution in [3.05, 3.63) is 29.3 Å². The molecule has 0 aliphatic carbocycles. The quantitative estimate of drug-likeness (QED) is 0.879. The van der Waals surface area contributed by atoms with E-state index in [1.165, 1.54) is 11.8 Å². The Morgan fingerprint density at radius 2 is 2.24 bits per heavy atom. The highest BCUT2D eigenvalue weighted by molar-refractivity contribution is 7.99. The van der Waals surface area contributed by atoms with Crippen LogP contribution in [0.2, 0.25) is 0 Å². The maximum atomic E-state index is 9.31. The monoisotopic (exact) mass is 302 g/mol. The molecule has 1 aromatic carbocycles. The summed E-state index contributed by atoms with van der Waals surface area (Å²) < 4.78 is 1.59. The third-order valence-electron chi connectivity index (χ3n) is 2.83. The highest BCUT2D eigenvalue weighted by Crippen LogP contribution is 2.28. The fraction of sp³-hybridized carbons (Fsp3) is 0.429. The van der Waals surface area contributed by atoms with Gasteiger partial charge >= 0.3 is 0 Å². The largest absolute Gasteiger partial charge is 0.312 e. The van der Waals surface area contributed by atoms with E-state index in [1.807, 2.05) is 18.2 Å². The lowest BCUT2D eigenvalue weighted by molar-refractivity contribution is 0.552.